The lowest BCUT2D eigenvalue weighted by atomic mass is 10.1. The normalized spacial score (nSPS) is 12.2. The molecule has 0 aliphatic rings. The Morgan fingerprint density at radius 1 is 1.10 bits per heavy atom. The Labute approximate surface area is 231 Å². The number of hydrazine groups is 1. The van der Waals surface area contributed by atoms with Crippen LogP contribution in [-0.4, -0.2) is 54.8 Å². The van der Waals surface area contributed by atoms with Gasteiger partial charge in [0.1, 0.15) is 0 Å². The van der Waals surface area contributed by atoms with E-state index in [-0.39, 0.29) is 23.5 Å². The third-order valence-corrected chi connectivity index (χ3v) is 6.65. The Hall–Kier alpha value is -3.90. The lowest BCUT2D eigenvalue weighted by Gasteiger charge is -2.24. The van der Waals surface area contributed by atoms with Crippen molar-refractivity contribution in [1.82, 2.24) is 14.7 Å². The molecule has 0 aliphatic heterocycles. The van der Waals surface area contributed by atoms with Crippen molar-refractivity contribution in [2.24, 2.45) is 12.9 Å². The SMILES string of the molecule is C/C(=C\N(N)c1cc(C(=O)Nc2cc(N(C)CCN(C)C)c(F)c(C(F)(F)F)c2)ccc1C)c1cnn(C)c1C. The number of benzene rings is 2. The molecular formula is C28H35F4N7O. The Bertz CT molecular complexity index is 1410. The lowest BCUT2D eigenvalue weighted by Crippen LogP contribution is -2.29. The third kappa shape index (κ3) is 6.99. The summed E-state index contributed by atoms with van der Waals surface area (Å²) in [5.41, 5.74) is 2.27. The van der Waals surface area contributed by atoms with Gasteiger partial charge in [-0.15, -0.1) is 0 Å². The number of allylic oxidation sites excluding steroid dienone is 1. The van der Waals surface area contributed by atoms with Crippen molar-refractivity contribution in [3.8, 4) is 0 Å². The maximum absolute atomic E-state index is 14.9. The number of aryl methyl sites for hydroxylation is 2. The van der Waals surface area contributed by atoms with Gasteiger partial charge in [0.25, 0.3) is 5.91 Å². The number of halogens is 4. The average molecular weight is 562 g/mol. The number of hydrogen-bond donors (Lipinski definition) is 2. The lowest BCUT2D eigenvalue weighted by molar-refractivity contribution is -0.139. The Kier molecular flexibility index (Phi) is 9.26. The van der Waals surface area contributed by atoms with Gasteiger partial charge in [0.05, 0.1) is 23.1 Å². The number of carbonyl (C=O) groups is 1. The fourth-order valence-electron chi connectivity index (χ4n) is 4.10. The smallest absolute Gasteiger partial charge is 0.371 e. The van der Waals surface area contributed by atoms with Crippen molar-refractivity contribution < 1.29 is 22.4 Å². The molecule has 0 unspecified atom stereocenters. The van der Waals surface area contributed by atoms with Crippen molar-refractivity contribution in [2.45, 2.75) is 26.9 Å². The van der Waals surface area contributed by atoms with Gasteiger partial charge in [-0.1, -0.05) is 6.07 Å². The predicted octanol–water partition coefficient (Wildman–Crippen LogP) is 5.19. The molecule has 3 rings (SSSR count). The van der Waals surface area contributed by atoms with E-state index in [0.29, 0.717) is 18.3 Å². The molecule has 8 nitrogen and oxygen atoms in total. The minimum absolute atomic E-state index is 0.167. The highest BCUT2D eigenvalue weighted by Gasteiger charge is 2.36. The molecule has 216 valence electrons. The Morgan fingerprint density at radius 2 is 1.77 bits per heavy atom. The number of carbonyl (C=O) groups excluding carboxylic acids is 1. The molecule has 1 amide bonds. The first-order valence-corrected chi connectivity index (χ1v) is 12.5. The summed E-state index contributed by atoms with van der Waals surface area (Å²) in [4.78, 5) is 16.4. The van der Waals surface area contributed by atoms with E-state index in [1.54, 1.807) is 49.4 Å². The summed E-state index contributed by atoms with van der Waals surface area (Å²) in [6.45, 7) is 6.40. The number of anilines is 3. The van der Waals surface area contributed by atoms with Gasteiger partial charge in [0.2, 0.25) is 0 Å². The van der Waals surface area contributed by atoms with Crippen LogP contribution in [-0.2, 0) is 13.2 Å². The van der Waals surface area contributed by atoms with Crippen LogP contribution in [0.5, 0.6) is 0 Å². The number of alkyl halides is 3. The largest absolute Gasteiger partial charge is 0.419 e. The van der Waals surface area contributed by atoms with Gasteiger partial charge >= 0.3 is 6.18 Å². The fourth-order valence-corrected chi connectivity index (χ4v) is 4.10. The molecule has 0 spiro atoms. The quantitative estimate of drug-likeness (QED) is 0.213. The molecule has 1 aromatic heterocycles. The molecule has 3 aromatic rings. The number of aromatic nitrogens is 2. The van der Waals surface area contributed by atoms with E-state index in [1.807, 2.05) is 32.7 Å². The summed E-state index contributed by atoms with van der Waals surface area (Å²) in [5, 5.41) is 8.11. The summed E-state index contributed by atoms with van der Waals surface area (Å²) in [6, 6.07) is 6.58. The van der Waals surface area contributed by atoms with Crippen LogP contribution in [0.3, 0.4) is 0 Å². The van der Waals surface area contributed by atoms with Crippen molar-refractivity contribution in [2.75, 3.05) is 49.5 Å². The monoisotopic (exact) mass is 561 g/mol. The van der Waals surface area contributed by atoms with Crippen LogP contribution in [0.1, 0.15) is 39.7 Å². The molecule has 0 aliphatic carbocycles. The minimum Gasteiger partial charge on any atom is -0.371 e. The van der Waals surface area contributed by atoms with E-state index in [0.717, 1.165) is 22.4 Å². The standard InChI is InChI=1S/C28H35F4N7O/c1-17-8-9-20(12-24(17)39(33)16-18(2)22-15-34-38(7)19(22)3)27(40)35-21-13-23(28(30,31)32)26(29)25(14-21)37(6)11-10-36(4)5/h8-9,12-16H,10-11,33H2,1-7H3,(H,35,40)/b18-16+. The predicted molar refractivity (Wildman–Crippen MR) is 151 cm³/mol. The highest BCUT2D eigenvalue weighted by molar-refractivity contribution is 6.05. The molecule has 1 heterocycles. The number of hydrogen-bond acceptors (Lipinski definition) is 6. The summed E-state index contributed by atoms with van der Waals surface area (Å²) in [7, 11) is 6.94. The van der Waals surface area contributed by atoms with Crippen LogP contribution in [0.25, 0.3) is 5.57 Å². The number of rotatable bonds is 9. The molecule has 12 heteroatoms. The zero-order valence-corrected chi connectivity index (χ0v) is 23.7. The number of nitrogens with one attached hydrogen (secondary N) is 1. The van der Waals surface area contributed by atoms with Gasteiger partial charge in [-0.05, 0) is 70.3 Å². The van der Waals surface area contributed by atoms with Crippen molar-refractivity contribution in [1.29, 1.82) is 0 Å². The molecule has 0 fully saturated rings. The van der Waals surface area contributed by atoms with Crippen molar-refractivity contribution >= 4 is 28.5 Å². The van der Waals surface area contributed by atoms with Gasteiger partial charge in [-0.3, -0.25) is 14.5 Å². The first-order valence-electron chi connectivity index (χ1n) is 12.5. The van der Waals surface area contributed by atoms with E-state index < -0.39 is 23.5 Å². The topological polar surface area (TPSA) is 82.7 Å². The van der Waals surface area contributed by atoms with E-state index in [9.17, 15) is 22.4 Å². The van der Waals surface area contributed by atoms with Crippen LogP contribution < -0.4 is 21.1 Å². The number of amides is 1. The molecule has 0 atom stereocenters. The summed E-state index contributed by atoms with van der Waals surface area (Å²) in [6.07, 6.45) is -1.51. The van der Waals surface area contributed by atoms with E-state index in [4.69, 9.17) is 5.84 Å². The van der Waals surface area contributed by atoms with Crippen molar-refractivity contribution in [3.05, 3.63) is 76.5 Å². The number of nitrogens with two attached hydrogens (primary N) is 1. The summed E-state index contributed by atoms with van der Waals surface area (Å²) < 4.78 is 57.7. The van der Waals surface area contributed by atoms with Gasteiger partial charge in [0, 0.05) is 55.9 Å². The minimum atomic E-state index is -4.95. The number of likely N-dealkylation sites (N-methyl/N-ethyl adjacent to an activating group) is 2. The second-order valence-corrected chi connectivity index (χ2v) is 10.0. The Balaban J connectivity index is 1.92. The average Bonchev–Trinajstić information content (AvgIpc) is 3.20. The van der Waals surface area contributed by atoms with Crippen LogP contribution in [0.15, 0.2) is 42.7 Å². The molecule has 3 N–H and O–H groups in total. The molecule has 0 saturated heterocycles. The third-order valence-electron chi connectivity index (χ3n) is 6.65. The van der Waals surface area contributed by atoms with Crippen LogP contribution in [0.4, 0.5) is 34.6 Å². The van der Waals surface area contributed by atoms with Gasteiger partial charge in [0.15, 0.2) is 5.82 Å². The molecule has 0 radical (unpaired) electrons. The van der Waals surface area contributed by atoms with Crippen LogP contribution in [0.2, 0.25) is 0 Å². The molecule has 0 bridgehead atoms. The number of nitrogens with zero attached hydrogens (tertiary/aromatic N) is 5. The molecule has 40 heavy (non-hydrogen) atoms. The first-order chi connectivity index (χ1) is 18.6. The van der Waals surface area contributed by atoms with Crippen LogP contribution in [0, 0.1) is 19.7 Å². The van der Waals surface area contributed by atoms with Gasteiger partial charge in [-0.2, -0.15) is 18.3 Å². The van der Waals surface area contributed by atoms with Crippen molar-refractivity contribution in [3.63, 3.8) is 0 Å². The van der Waals surface area contributed by atoms with Gasteiger partial charge < -0.3 is 15.1 Å². The molecule has 0 saturated carbocycles. The molecular weight excluding hydrogens is 526 g/mol. The summed E-state index contributed by atoms with van der Waals surface area (Å²) >= 11 is 0. The summed E-state index contributed by atoms with van der Waals surface area (Å²) in [5.74, 6) is 4.26. The fraction of sp³-hybridized carbons (Fsp3) is 0.357. The molecule has 2 aromatic carbocycles. The highest BCUT2D eigenvalue weighted by Crippen LogP contribution is 2.37. The Morgan fingerprint density at radius 3 is 2.35 bits per heavy atom. The van der Waals surface area contributed by atoms with E-state index in [1.165, 1.54) is 23.0 Å². The van der Waals surface area contributed by atoms with E-state index in [2.05, 4.69) is 10.4 Å². The maximum atomic E-state index is 14.9. The highest BCUT2D eigenvalue weighted by atomic mass is 19.4. The zero-order chi connectivity index (χ0) is 29.9. The van der Waals surface area contributed by atoms with Crippen LogP contribution >= 0.6 is 0 Å². The second kappa shape index (κ2) is 12.1. The zero-order valence-electron chi connectivity index (χ0n) is 23.7. The van der Waals surface area contributed by atoms with E-state index >= 15 is 0 Å². The van der Waals surface area contributed by atoms with Gasteiger partial charge in [-0.25, -0.2) is 10.2 Å². The first kappa shape index (κ1) is 30.6. The second-order valence-electron chi connectivity index (χ2n) is 10.0. The maximum Gasteiger partial charge on any atom is 0.419 e.